The van der Waals surface area contributed by atoms with Crippen LogP contribution in [0.4, 0.5) is 5.82 Å². The normalized spacial score (nSPS) is 13.7. The molecule has 1 aliphatic heterocycles. The molecule has 0 saturated carbocycles. The molecule has 2 aromatic carbocycles. The first kappa shape index (κ1) is 24.8. The van der Waals surface area contributed by atoms with Crippen molar-refractivity contribution in [2.45, 2.75) is 25.7 Å². The number of carbonyl (C=O) groups is 2. The molecule has 1 fully saturated rings. The number of nitrogens with two attached hydrogens (primary N) is 1. The van der Waals surface area contributed by atoms with Gasteiger partial charge in [-0.3, -0.25) is 9.59 Å². The minimum Gasteiger partial charge on any atom is -0.484 e. The molecular formula is C27H30N6O3. The average Bonchev–Trinajstić information content (AvgIpc) is 3.25. The minimum atomic E-state index is -0.119. The van der Waals surface area contributed by atoms with Crippen LogP contribution < -0.4 is 15.8 Å². The van der Waals surface area contributed by atoms with Gasteiger partial charge in [-0.25, -0.2) is 4.68 Å². The van der Waals surface area contributed by atoms with Gasteiger partial charge in [-0.1, -0.05) is 36.4 Å². The number of nitriles is 1. The van der Waals surface area contributed by atoms with Gasteiger partial charge >= 0.3 is 0 Å². The summed E-state index contributed by atoms with van der Waals surface area (Å²) in [4.78, 5) is 26.8. The van der Waals surface area contributed by atoms with Gasteiger partial charge in [0.15, 0.2) is 6.61 Å². The van der Waals surface area contributed by atoms with Crippen molar-refractivity contribution in [3.63, 3.8) is 0 Å². The molecule has 1 aromatic heterocycles. The van der Waals surface area contributed by atoms with E-state index in [0.29, 0.717) is 68.1 Å². The van der Waals surface area contributed by atoms with Crippen molar-refractivity contribution in [3.8, 4) is 17.5 Å². The number of nitrogens with one attached hydrogen (secondary N) is 1. The fourth-order valence-electron chi connectivity index (χ4n) is 4.30. The predicted octanol–water partition coefficient (Wildman–Crippen LogP) is 2.69. The first-order valence-electron chi connectivity index (χ1n) is 12.1. The Morgan fingerprint density at radius 1 is 1.08 bits per heavy atom. The largest absolute Gasteiger partial charge is 0.484 e. The van der Waals surface area contributed by atoms with Crippen molar-refractivity contribution in [2.75, 3.05) is 32.0 Å². The summed E-state index contributed by atoms with van der Waals surface area (Å²) in [6.45, 7) is 1.55. The molecule has 1 aliphatic rings. The number of aryl methyl sites for hydroxylation is 1. The second-order valence-corrected chi connectivity index (χ2v) is 8.72. The van der Waals surface area contributed by atoms with Crippen LogP contribution in [0.25, 0.3) is 5.69 Å². The molecule has 3 N–H and O–H groups in total. The van der Waals surface area contributed by atoms with E-state index in [1.165, 1.54) is 0 Å². The summed E-state index contributed by atoms with van der Waals surface area (Å²) in [7, 11) is 0. The smallest absolute Gasteiger partial charge is 0.260 e. The van der Waals surface area contributed by atoms with E-state index in [2.05, 4.69) is 16.5 Å². The molecule has 4 rings (SSSR count). The number of carbonyl (C=O) groups excluding carboxylic acids is 2. The minimum absolute atomic E-state index is 0.00234. The summed E-state index contributed by atoms with van der Waals surface area (Å²) in [6.07, 6.45) is 2.42. The van der Waals surface area contributed by atoms with Gasteiger partial charge in [-0.15, -0.1) is 0 Å². The summed E-state index contributed by atoms with van der Waals surface area (Å²) < 4.78 is 7.12. The number of anilines is 1. The highest BCUT2D eigenvalue weighted by Gasteiger charge is 2.27. The lowest BCUT2D eigenvalue weighted by Gasteiger charge is -2.31. The molecule has 0 radical (unpaired) electrons. The number of para-hydroxylation sites is 2. The van der Waals surface area contributed by atoms with Gasteiger partial charge in [0.2, 0.25) is 5.91 Å². The monoisotopic (exact) mass is 486 g/mol. The highest BCUT2D eigenvalue weighted by molar-refractivity contribution is 5.80. The Morgan fingerprint density at radius 3 is 2.42 bits per heavy atom. The van der Waals surface area contributed by atoms with Crippen LogP contribution in [0.2, 0.25) is 0 Å². The summed E-state index contributed by atoms with van der Waals surface area (Å²) in [6, 6.07) is 20.8. The molecule has 1 saturated heterocycles. The fourth-order valence-corrected chi connectivity index (χ4v) is 4.30. The third kappa shape index (κ3) is 6.02. The first-order chi connectivity index (χ1) is 17.6. The maximum atomic E-state index is 12.6. The zero-order chi connectivity index (χ0) is 25.3. The number of ether oxygens (including phenoxy) is 1. The van der Waals surface area contributed by atoms with Crippen molar-refractivity contribution >= 4 is 17.6 Å². The Labute approximate surface area is 210 Å². The molecule has 186 valence electrons. The van der Waals surface area contributed by atoms with E-state index in [1.807, 2.05) is 60.7 Å². The second-order valence-electron chi connectivity index (χ2n) is 8.72. The molecule has 3 aromatic rings. The summed E-state index contributed by atoms with van der Waals surface area (Å²) >= 11 is 0. The molecular weight excluding hydrogens is 456 g/mol. The molecule has 9 nitrogen and oxygen atoms in total. The second kappa shape index (κ2) is 11.9. The number of likely N-dealkylation sites (tertiary alicyclic amines) is 1. The molecule has 0 bridgehead atoms. The Kier molecular flexibility index (Phi) is 8.19. The van der Waals surface area contributed by atoms with Crippen LogP contribution in [0.5, 0.6) is 5.75 Å². The van der Waals surface area contributed by atoms with Crippen LogP contribution in [-0.2, 0) is 16.0 Å². The Balaban J connectivity index is 1.19. The van der Waals surface area contributed by atoms with Crippen LogP contribution in [0.1, 0.15) is 30.5 Å². The molecule has 36 heavy (non-hydrogen) atoms. The number of hydrogen-bond acceptors (Lipinski definition) is 6. The number of hydrogen-bond donors (Lipinski definition) is 2. The quantitative estimate of drug-likeness (QED) is 0.448. The molecule has 0 aliphatic carbocycles. The van der Waals surface area contributed by atoms with Crippen LogP contribution in [0.15, 0.2) is 60.7 Å². The number of nitrogens with zero attached hydrogens (tertiary/aromatic N) is 4. The van der Waals surface area contributed by atoms with E-state index in [1.54, 1.807) is 9.58 Å². The van der Waals surface area contributed by atoms with Gasteiger partial charge in [0, 0.05) is 25.6 Å². The maximum Gasteiger partial charge on any atom is 0.260 e. The molecule has 0 spiro atoms. The third-order valence-corrected chi connectivity index (χ3v) is 6.32. The summed E-state index contributed by atoms with van der Waals surface area (Å²) in [5.74, 6) is 0.791. The van der Waals surface area contributed by atoms with Crippen LogP contribution in [0, 0.1) is 17.2 Å². The lowest BCUT2D eigenvalue weighted by atomic mass is 9.96. The summed E-state index contributed by atoms with van der Waals surface area (Å²) in [5.41, 5.74) is 7.94. The summed E-state index contributed by atoms with van der Waals surface area (Å²) in [5, 5.41) is 17.1. The van der Waals surface area contributed by atoms with E-state index < -0.39 is 0 Å². The lowest BCUT2D eigenvalue weighted by molar-refractivity contribution is -0.137. The molecule has 2 amide bonds. The number of aromatic nitrogens is 2. The highest BCUT2D eigenvalue weighted by atomic mass is 16.5. The lowest BCUT2D eigenvalue weighted by Crippen LogP contribution is -2.44. The SMILES string of the molecule is N#Cc1c(CCCNC(=O)C2CCN(C(=O)COc3ccccc3)CC2)nn(-c2ccccc2)c1N. The highest BCUT2D eigenvalue weighted by Crippen LogP contribution is 2.22. The van der Waals surface area contributed by atoms with Gasteiger partial charge in [0.1, 0.15) is 23.2 Å². The molecule has 2 heterocycles. The maximum absolute atomic E-state index is 12.6. The zero-order valence-corrected chi connectivity index (χ0v) is 20.1. The van der Waals surface area contributed by atoms with Gasteiger partial charge in [-0.05, 0) is 49.9 Å². The molecule has 9 heteroatoms. The zero-order valence-electron chi connectivity index (χ0n) is 20.1. The Morgan fingerprint density at radius 2 is 1.75 bits per heavy atom. The standard InChI is InChI=1S/C27H30N6O3/c28-18-23-24(31-33(26(23)29)21-8-3-1-4-9-21)12-7-15-30-27(35)20-13-16-32(17-14-20)25(34)19-36-22-10-5-2-6-11-22/h1-6,8-11,20H,7,12-17,19,29H2,(H,30,35). The number of rotatable bonds is 9. The van der Waals surface area contributed by atoms with E-state index in [9.17, 15) is 14.9 Å². The van der Waals surface area contributed by atoms with E-state index in [4.69, 9.17) is 10.5 Å². The van der Waals surface area contributed by atoms with E-state index in [-0.39, 0.29) is 24.3 Å². The van der Waals surface area contributed by atoms with Crippen molar-refractivity contribution in [1.29, 1.82) is 5.26 Å². The van der Waals surface area contributed by atoms with Gasteiger partial charge < -0.3 is 20.7 Å². The topological polar surface area (TPSA) is 126 Å². The third-order valence-electron chi connectivity index (χ3n) is 6.32. The molecule has 0 atom stereocenters. The number of nitrogen functional groups attached to an aromatic ring is 1. The fraction of sp³-hybridized carbons (Fsp3) is 0.333. The van der Waals surface area contributed by atoms with Crippen molar-refractivity contribution in [1.82, 2.24) is 20.0 Å². The molecule has 0 unspecified atom stereocenters. The van der Waals surface area contributed by atoms with E-state index in [0.717, 1.165) is 5.69 Å². The van der Waals surface area contributed by atoms with Crippen LogP contribution in [0.3, 0.4) is 0 Å². The number of amides is 2. The number of piperidine rings is 1. The number of benzene rings is 2. The van der Waals surface area contributed by atoms with Crippen molar-refractivity contribution in [2.24, 2.45) is 5.92 Å². The van der Waals surface area contributed by atoms with Crippen molar-refractivity contribution in [3.05, 3.63) is 71.9 Å². The van der Waals surface area contributed by atoms with Gasteiger partial charge in [0.25, 0.3) is 5.91 Å². The van der Waals surface area contributed by atoms with Crippen molar-refractivity contribution < 1.29 is 14.3 Å². The average molecular weight is 487 g/mol. The Bertz CT molecular complexity index is 1210. The predicted molar refractivity (Wildman–Crippen MR) is 135 cm³/mol. The van der Waals surface area contributed by atoms with Crippen LogP contribution in [-0.4, -0.2) is 52.7 Å². The van der Waals surface area contributed by atoms with Gasteiger partial charge in [-0.2, -0.15) is 10.4 Å². The van der Waals surface area contributed by atoms with Crippen LogP contribution >= 0.6 is 0 Å². The van der Waals surface area contributed by atoms with E-state index >= 15 is 0 Å². The van der Waals surface area contributed by atoms with Gasteiger partial charge in [0.05, 0.1) is 11.4 Å². The Hall–Kier alpha value is -4.32. The first-order valence-corrected chi connectivity index (χ1v) is 12.1.